The minimum atomic E-state index is -4.80. The van der Waals surface area contributed by atoms with Crippen molar-refractivity contribution in [1.29, 1.82) is 0 Å². The van der Waals surface area contributed by atoms with Crippen LogP contribution in [0.5, 0.6) is 0 Å². The lowest BCUT2D eigenvalue weighted by molar-refractivity contribution is -0.143. The Morgan fingerprint density at radius 2 is 1.85 bits per heavy atom. The number of pyridine rings is 1. The summed E-state index contributed by atoms with van der Waals surface area (Å²) in [5.74, 6) is -0.324. The Labute approximate surface area is 274 Å². The van der Waals surface area contributed by atoms with Gasteiger partial charge in [-0.1, -0.05) is 6.58 Å². The van der Waals surface area contributed by atoms with Crippen LogP contribution in [0.15, 0.2) is 37.2 Å². The van der Waals surface area contributed by atoms with E-state index in [2.05, 4.69) is 36.6 Å². The van der Waals surface area contributed by atoms with Gasteiger partial charge in [0.15, 0.2) is 11.6 Å². The number of ether oxygens (including phenoxy) is 2. The number of halogens is 3. The van der Waals surface area contributed by atoms with Crippen molar-refractivity contribution in [2.75, 3.05) is 76.4 Å². The number of piperazine rings is 1. The average Bonchev–Trinajstić information content (AvgIpc) is 3.75. The van der Waals surface area contributed by atoms with Crippen LogP contribution in [0.4, 0.5) is 29.6 Å². The van der Waals surface area contributed by atoms with Crippen LogP contribution in [0, 0.1) is 0 Å². The molecule has 6 rings (SSSR count). The highest BCUT2D eigenvalue weighted by Gasteiger charge is 2.38. The summed E-state index contributed by atoms with van der Waals surface area (Å²) >= 11 is 0. The van der Waals surface area contributed by atoms with E-state index in [0.717, 1.165) is 31.4 Å². The highest BCUT2D eigenvalue weighted by Crippen LogP contribution is 2.38. The molecule has 1 atom stereocenters. The lowest BCUT2D eigenvalue weighted by Crippen LogP contribution is -2.54. The summed E-state index contributed by atoms with van der Waals surface area (Å²) in [4.78, 5) is 53.3. The second-order valence-electron chi connectivity index (χ2n) is 11.8. The summed E-state index contributed by atoms with van der Waals surface area (Å²) in [6, 6.07) is 2.19. The quantitative estimate of drug-likeness (QED) is 0.374. The van der Waals surface area contributed by atoms with Gasteiger partial charge in [0.1, 0.15) is 17.4 Å². The van der Waals surface area contributed by atoms with E-state index < -0.39 is 23.9 Å². The topological polar surface area (TPSA) is 138 Å². The van der Waals surface area contributed by atoms with Gasteiger partial charge in [0.2, 0.25) is 11.8 Å². The third-order valence-corrected chi connectivity index (χ3v) is 8.76. The molecular formula is C31H36F3N9O5. The number of hydrogen-bond acceptors (Lipinski definition) is 10. The number of carbonyl (C=O) groups is 3. The number of hydrogen-bond donors (Lipinski definition) is 1. The second-order valence-corrected chi connectivity index (χ2v) is 11.8. The number of likely N-dealkylation sites (tertiary alicyclic amines) is 1. The van der Waals surface area contributed by atoms with Crippen molar-refractivity contribution in [3.05, 3.63) is 48.3 Å². The number of aromatic nitrogens is 4. The molecule has 6 heterocycles. The van der Waals surface area contributed by atoms with Gasteiger partial charge in [-0.15, -0.1) is 5.10 Å². The van der Waals surface area contributed by atoms with Gasteiger partial charge in [0.25, 0.3) is 0 Å². The maximum Gasteiger partial charge on any atom is 0.417 e. The number of morpholine rings is 1. The number of nitrogens with one attached hydrogen (secondary N) is 1. The van der Waals surface area contributed by atoms with E-state index in [9.17, 15) is 27.6 Å². The zero-order chi connectivity index (χ0) is 34.0. The summed E-state index contributed by atoms with van der Waals surface area (Å²) < 4.78 is 54.4. The Hall–Kier alpha value is -4.77. The first-order valence-electron chi connectivity index (χ1n) is 15.6. The maximum absolute atomic E-state index is 14.3. The summed E-state index contributed by atoms with van der Waals surface area (Å²) in [7, 11) is 1.09. The van der Waals surface area contributed by atoms with Crippen LogP contribution in [-0.2, 0) is 31.8 Å². The molecule has 3 aliphatic heterocycles. The average molecular weight is 672 g/mol. The van der Waals surface area contributed by atoms with Gasteiger partial charge >= 0.3 is 12.3 Å². The predicted molar refractivity (Wildman–Crippen MR) is 167 cm³/mol. The fourth-order valence-electron chi connectivity index (χ4n) is 6.34. The molecule has 48 heavy (non-hydrogen) atoms. The molecule has 0 bridgehead atoms. The molecule has 0 aliphatic carbocycles. The van der Waals surface area contributed by atoms with Gasteiger partial charge in [0, 0.05) is 64.8 Å². The van der Waals surface area contributed by atoms with Crippen LogP contribution in [0.3, 0.4) is 0 Å². The Morgan fingerprint density at radius 3 is 2.54 bits per heavy atom. The summed E-state index contributed by atoms with van der Waals surface area (Å²) in [5, 5.41) is 6.65. The van der Waals surface area contributed by atoms with Crippen LogP contribution in [0.1, 0.15) is 24.0 Å². The number of fused-ring (bicyclic) bond motifs is 1. The molecular weight excluding hydrogens is 635 g/mol. The number of amides is 3. The van der Waals surface area contributed by atoms with Gasteiger partial charge in [-0.2, -0.15) is 13.2 Å². The number of alkyl halides is 3. The number of carbonyl (C=O) groups excluding carboxylic acids is 3. The second kappa shape index (κ2) is 13.8. The third-order valence-electron chi connectivity index (χ3n) is 8.76. The number of methoxy groups -OCH3 is 1. The van der Waals surface area contributed by atoms with Gasteiger partial charge in [-0.05, 0) is 36.6 Å². The van der Waals surface area contributed by atoms with E-state index in [1.807, 2.05) is 11.0 Å². The van der Waals surface area contributed by atoms with Crippen LogP contribution in [-0.4, -0.2) is 124 Å². The summed E-state index contributed by atoms with van der Waals surface area (Å²) in [6.45, 7) is 8.72. The third kappa shape index (κ3) is 6.92. The van der Waals surface area contributed by atoms with Crippen molar-refractivity contribution in [2.24, 2.45) is 0 Å². The van der Waals surface area contributed by atoms with E-state index in [4.69, 9.17) is 4.74 Å². The monoisotopic (exact) mass is 671 g/mol. The molecule has 0 spiro atoms. The molecule has 256 valence electrons. The fourth-order valence-corrected chi connectivity index (χ4v) is 6.34. The molecule has 3 saturated heterocycles. The lowest BCUT2D eigenvalue weighted by atomic mass is 10.1. The SMILES string of the molecule is C=CC(=O)N1CCC[C@H]1C(=O)N1CCN(Cc2cc3c(N4CCOCC4)nc(-c4cnc(NC(=O)OC)cc4C(F)(F)F)nn3c2)CC1. The Bertz CT molecular complexity index is 1700. The van der Waals surface area contributed by atoms with Crippen molar-refractivity contribution in [2.45, 2.75) is 31.6 Å². The zero-order valence-corrected chi connectivity index (χ0v) is 26.4. The lowest BCUT2D eigenvalue weighted by Gasteiger charge is -2.37. The van der Waals surface area contributed by atoms with Crippen LogP contribution < -0.4 is 10.2 Å². The fraction of sp³-hybridized carbons (Fsp3) is 0.484. The minimum Gasteiger partial charge on any atom is -0.453 e. The normalized spacial score (nSPS) is 19.1. The first kappa shape index (κ1) is 33.1. The van der Waals surface area contributed by atoms with Crippen LogP contribution >= 0.6 is 0 Å². The molecule has 3 aliphatic rings. The number of nitrogens with zero attached hydrogens (tertiary/aromatic N) is 8. The van der Waals surface area contributed by atoms with Crippen LogP contribution in [0.25, 0.3) is 16.9 Å². The maximum atomic E-state index is 14.3. The number of anilines is 2. The van der Waals surface area contributed by atoms with Crippen molar-refractivity contribution >= 4 is 35.1 Å². The molecule has 0 unspecified atom stereocenters. The Kier molecular flexibility index (Phi) is 9.50. The standard InChI is InChI=1S/C31H36F3N9O5/c1-3-26(44)42-6-4-5-23(42)29(45)41-9-7-39(8-10-41)18-20-15-24-28(40-11-13-48-14-12-40)37-27(38-43(24)19-20)21-17-35-25(36-30(46)47-2)16-22(21)31(32,33)34/h3,15-17,19,23H,1,4-14,18H2,2H3,(H,35,36,46)/t23-/m0/s1. The highest BCUT2D eigenvalue weighted by molar-refractivity contribution is 5.93. The van der Waals surface area contributed by atoms with E-state index in [0.29, 0.717) is 83.3 Å². The Morgan fingerprint density at radius 1 is 1.10 bits per heavy atom. The smallest absolute Gasteiger partial charge is 0.417 e. The minimum absolute atomic E-state index is 0.0447. The van der Waals surface area contributed by atoms with Crippen molar-refractivity contribution in [1.82, 2.24) is 34.3 Å². The van der Waals surface area contributed by atoms with Gasteiger partial charge in [0.05, 0.1) is 31.5 Å². The molecule has 17 heteroatoms. The number of rotatable bonds is 7. The van der Waals surface area contributed by atoms with E-state index >= 15 is 0 Å². The van der Waals surface area contributed by atoms with Crippen molar-refractivity contribution < 1.29 is 37.0 Å². The van der Waals surface area contributed by atoms with Crippen LogP contribution in [0.2, 0.25) is 0 Å². The van der Waals surface area contributed by atoms with Gasteiger partial charge in [-0.25, -0.2) is 19.3 Å². The molecule has 14 nitrogen and oxygen atoms in total. The van der Waals surface area contributed by atoms with Crippen molar-refractivity contribution in [3.63, 3.8) is 0 Å². The summed E-state index contributed by atoms with van der Waals surface area (Å²) in [5.41, 5.74) is 0.0933. The van der Waals surface area contributed by atoms with Crippen molar-refractivity contribution in [3.8, 4) is 11.4 Å². The predicted octanol–water partition coefficient (Wildman–Crippen LogP) is 2.65. The molecule has 0 aromatic carbocycles. The largest absolute Gasteiger partial charge is 0.453 e. The van der Waals surface area contributed by atoms with Gasteiger partial charge in [-0.3, -0.25) is 19.8 Å². The molecule has 3 aromatic rings. The van der Waals surface area contributed by atoms with Gasteiger partial charge < -0.3 is 24.2 Å². The van der Waals surface area contributed by atoms with E-state index in [1.165, 1.54) is 10.6 Å². The Balaban J connectivity index is 1.25. The zero-order valence-electron chi connectivity index (χ0n) is 26.4. The van der Waals surface area contributed by atoms with E-state index in [-0.39, 0.29) is 29.0 Å². The molecule has 3 aromatic heterocycles. The molecule has 0 saturated carbocycles. The first-order chi connectivity index (χ1) is 23.0. The van der Waals surface area contributed by atoms with E-state index in [1.54, 1.807) is 16.0 Å². The highest BCUT2D eigenvalue weighted by atomic mass is 19.4. The molecule has 0 radical (unpaired) electrons. The first-order valence-corrected chi connectivity index (χ1v) is 15.6. The molecule has 3 amide bonds. The molecule has 1 N–H and O–H groups in total. The molecule has 3 fully saturated rings. The summed E-state index contributed by atoms with van der Waals surface area (Å²) in [6.07, 6.45) is -0.333.